The number of hydrogen-bond acceptors (Lipinski definition) is 5. The third-order valence-corrected chi connectivity index (χ3v) is 5.94. The number of hydrogen-bond donors (Lipinski definition) is 2. The van der Waals surface area contributed by atoms with Crippen LogP contribution in [0.2, 0.25) is 0 Å². The maximum Gasteiger partial charge on any atom is 0.251 e. The minimum absolute atomic E-state index is 0.296. The summed E-state index contributed by atoms with van der Waals surface area (Å²) in [4.78, 5) is 31.3. The summed E-state index contributed by atoms with van der Waals surface area (Å²) in [6.07, 6.45) is 1.42. The molecule has 1 heterocycles. The van der Waals surface area contributed by atoms with Crippen molar-refractivity contribution in [3.8, 4) is 0 Å². The molecule has 2 aromatic rings. The number of para-hydroxylation sites is 1. The lowest BCUT2D eigenvalue weighted by molar-refractivity contribution is -0.115. The summed E-state index contributed by atoms with van der Waals surface area (Å²) in [5.41, 5.74) is -0.141. The molecule has 0 aliphatic rings. The van der Waals surface area contributed by atoms with Gasteiger partial charge in [0.25, 0.3) is 5.56 Å². The zero-order valence-corrected chi connectivity index (χ0v) is 16.7. The van der Waals surface area contributed by atoms with E-state index in [9.17, 15) is 18.4 Å². The molecule has 0 radical (unpaired) electrons. The number of rotatable bonds is 9. The number of nitrogens with zero attached hydrogens (tertiary/aromatic N) is 1. The van der Waals surface area contributed by atoms with Crippen molar-refractivity contribution in [2.75, 3.05) is 11.1 Å². The van der Waals surface area contributed by atoms with Gasteiger partial charge in [-0.1, -0.05) is 31.7 Å². The molecule has 1 aromatic carbocycles. The van der Waals surface area contributed by atoms with Crippen LogP contribution in [0.1, 0.15) is 32.4 Å². The Kier molecular flexibility index (Phi) is 8.30. The largest absolute Gasteiger partial charge is 0.320 e. The van der Waals surface area contributed by atoms with Crippen molar-refractivity contribution in [2.24, 2.45) is 0 Å². The van der Waals surface area contributed by atoms with Crippen LogP contribution < -0.4 is 10.9 Å². The summed E-state index contributed by atoms with van der Waals surface area (Å²) in [5, 5.41) is 1.94. The second kappa shape index (κ2) is 10.5. The van der Waals surface area contributed by atoms with Gasteiger partial charge < -0.3 is 10.3 Å². The molecule has 1 amide bonds. The standard InChI is InChI=1S/C18H21F2N3O2S2/c1-3-8-26-10-11-9-15(24)22-18(21-11)27-14(4-2)17(25)23-16-12(19)6-5-7-13(16)20/h5-7,9,14H,3-4,8,10H2,1-2H3,(H,23,25)(H,21,22,24). The number of aromatic amines is 1. The van der Waals surface area contributed by atoms with E-state index in [0.29, 0.717) is 23.0 Å². The van der Waals surface area contributed by atoms with Gasteiger partial charge in [0, 0.05) is 11.8 Å². The number of amides is 1. The third kappa shape index (κ3) is 6.35. The smallest absolute Gasteiger partial charge is 0.251 e. The molecule has 0 spiro atoms. The van der Waals surface area contributed by atoms with Gasteiger partial charge in [-0.25, -0.2) is 13.8 Å². The van der Waals surface area contributed by atoms with Gasteiger partial charge in [-0.3, -0.25) is 9.59 Å². The predicted molar refractivity (Wildman–Crippen MR) is 106 cm³/mol. The molecule has 0 saturated heterocycles. The van der Waals surface area contributed by atoms with Crippen molar-refractivity contribution in [2.45, 2.75) is 42.8 Å². The lowest BCUT2D eigenvalue weighted by atomic mass is 10.2. The molecular weight excluding hydrogens is 392 g/mol. The minimum Gasteiger partial charge on any atom is -0.320 e. The molecule has 0 bridgehead atoms. The third-order valence-electron chi connectivity index (χ3n) is 3.50. The van der Waals surface area contributed by atoms with Crippen molar-refractivity contribution in [3.05, 3.63) is 51.9 Å². The summed E-state index contributed by atoms with van der Waals surface area (Å²) in [6, 6.07) is 4.80. The Morgan fingerprint density at radius 3 is 2.63 bits per heavy atom. The highest BCUT2D eigenvalue weighted by atomic mass is 32.2. The number of aromatic nitrogens is 2. The van der Waals surface area contributed by atoms with Gasteiger partial charge in [0.15, 0.2) is 5.16 Å². The molecule has 0 saturated carbocycles. The summed E-state index contributed by atoms with van der Waals surface area (Å²) >= 11 is 2.73. The first-order chi connectivity index (χ1) is 12.9. The number of nitrogens with one attached hydrogen (secondary N) is 2. The first-order valence-corrected chi connectivity index (χ1v) is 10.6. The fourth-order valence-electron chi connectivity index (χ4n) is 2.21. The molecule has 146 valence electrons. The molecule has 9 heteroatoms. The lowest BCUT2D eigenvalue weighted by Crippen LogP contribution is -2.26. The van der Waals surface area contributed by atoms with E-state index >= 15 is 0 Å². The Morgan fingerprint density at radius 1 is 1.30 bits per heavy atom. The summed E-state index contributed by atoms with van der Waals surface area (Å²) < 4.78 is 27.5. The topological polar surface area (TPSA) is 74.8 Å². The van der Waals surface area contributed by atoms with Gasteiger partial charge in [-0.15, -0.1) is 0 Å². The Labute approximate surface area is 164 Å². The number of anilines is 1. The Morgan fingerprint density at radius 2 is 2.00 bits per heavy atom. The molecular formula is C18H21F2N3O2S2. The second-order valence-corrected chi connectivity index (χ2v) is 7.99. The summed E-state index contributed by atoms with van der Waals surface area (Å²) in [7, 11) is 0. The lowest BCUT2D eigenvalue weighted by Gasteiger charge is -2.15. The molecule has 2 N–H and O–H groups in total. The van der Waals surface area contributed by atoms with Crippen molar-refractivity contribution in [1.82, 2.24) is 9.97 Å². The van der Waals surface area contributed by atoms with Crippen LogP contribution in [0, 0.1) is 11.6 Å². The van der Waals surface area contributed by atoms with E-state index < -0.39 is 28.5 Å². The molecule has 1 atom stereocenters. The zero-order valence-electron chi connectivity index (χ0n) is 15.1. The van der Waals surface area contributed by atoms with Gasteiger partial charge in [0.05, 0.1) is 10.9 Å². The van der Waals surface area contributed by atoms with Crippen LogP contribution in [0.3, 0.4) is 0 Å². The first kappa shape index (κ1) is 21.4. The van der Waals surface area contributed by atoms with Gasteiger partial charge in [-0.05, 0) is 30.7 Å². The highest BCUT2D eigenvalue weighted by molar-refractivity contribution is 8.00. The average Bonchev–Trinajstić information content (AvgIpc) is 2.62. The SMILES string of the molecule is CCCSCc1cc(=O)[nH]c(SC(CC)C(=O)Nc2c(F)cccc2F)n1. The first-order valence-electron chi connectivity index (χ1n) is 8.54. The Bertz CT molecular complexity index is 825. The number of thioether (sulfide) groups is 2. The van der Waals surface area contributed by atoms with E-state index in [4.69, 9.17) is 0 Å². The van der Waals surface area contributed by atoms with E-state index in [1.807, 2.05) is 0 Å². The van der Waals surface area contributed by atoms with Crippen LogP contribution in [-0.4, -0.2) is 26.9 Å². The predicted octanol–water partition coefficient (Wildman–Crippen LogP) is 4.20. The quantitative estimate of drug-likeness (QED) is 0.366. The van der Waals surface area contributed by atoms with Crippen LogP contribution in [0.5, 0.6) is 0 Å². The van der Waals surface area contributed by atoms with Crippen molar-refractivity contribution in [1.29, 1.82) is 0 Å². The van der Waals surface area contributed by atoms with Gasteiger partial charge in [0.2, 0.25) is 5.91 Å². The fourth-order valence-corrected chi connectivity index (χ4v) is 3.93. The van der Waals surface area contributed by atoms with Gasteiger partial charge in [0.1, 0.15) is 17.3 Å². The van der Waals surface area contributed by atoms with Crippen molar-refractivity contribution in [3.63, 3.8) is 0 Å². The number of H-pyrrole nitrogens is 1. The molecule has 0 fully saturated rings. The fraction of sp³-hybridized carbons (Fsp3) is 0.389. The molecule has 27 heavy (non-hydrogen) atoms. The van der Waals surface area contributed by atoms with E-state index in [2.05, 4.69) is 22.2 Å². The maximum absolute atomic E-state index is 13.7. The van der Waals surface area contributed by atoms with Crippen molar-refractivity contribution >= 4 is 35.1 Å². The van der Waals surface area contributed by atoms with Crippen LogP contribution in [0.25, 0.3) is 0 Å². The molecule has 1 unspecified atom stereocenters. The molecule has 1 aromatic heterocycles. The number of carbonyl (C=O) groups is 1. The van der Waals surface area contributed by atoms with Crippen LogP contribution >= 0.6 is 23.5 Å². The molecule has 0 aliphatic heterocycles. The van der Waals surface area contributed by atoms with Gasteiger partial charge in [-0.2, -0.15) is 11.8 Å². The van der Waals surface area contributed by atoms with E-state index in [1.54, 1.807) is 18.7 Å². The molecule has 0 aliphatic carbocycles. The van der Waals surface area contributed by atoms with E-state index in [1.165, 1.54) is 12.1 Å². The Balaban J connectivity index is 2.11. The average molecular weight is 414 g/mol. The molecule has 5 nitrogen and oxygen atoms in total. The number of benzene rings is 1. The maximum atomic E-state index is 13.7. The normalized spacial score (nSPS) is 12.0. The number of halogens is 2. The minimum atomic E-state index is -0.843. The zero-order chi connectivity index (χ0) is 19.8. The highest BCUT2D eigenvalue weighted by Crippen LogP contribution is 2.25. The van der Waals surface area contributed by atoms with E-state index in [-0.39, 0.29) is 5.56 Å². The molecule has 2 rings (SSSR count). The monoisotopic (exact) mass is 413 g/mol. The second-order valence-electron chi connectivity index (χ2n) is 5.70. The van der Waals surface area contributed by atoms with Crippen molar-refractivity contribution < 1.29 is 13.6 Å². The van der Waals surface area contributed by atoms with Gasteiger partial charge >= 0.3 is 0 Å². The summed E-state index contributed by atoms with van der Waals surface area (Å²) in [6.45, 7) is 3.84. The number of carbonyl (C=O) groups excluding carboxylic acids is 1. The van der Waals surface area contributed by atoms with Crippen LogP contribution in [0.4, 0.5) is 14.5 Å². The van der Waals surface area contributed by atoms with E-state index in [0.717, 1.165) is 36.1 Å². The Hall–Kier alpha value is -1.87. The highest BCUT2D eigenvalue weighted by Gasteiger charge is 2.22. The summed E-state index contributed by atoms with van der Waals surface area (Å²) in [5.74, 6) is -0.672. The van der Waals surface area contributed by atoms with Crippen LogP contribution in [-0.2, 0) is 10.5 Å². The van der Waals surface area contributed by atoms with Crippen LogP contribution in [0.15, 0.2) is 34.2 Å².